The van der Waals surface area contributed by atoms with E-state index in [1.807, 2.05) is 42.7 Å². The SMILES string of the molecule is C=CCn1c(SCC(=O)c2cc(C)n(Cc3ccccc3)c2C)nnc1[C@@H]1CCS(=O)(=O)C1. The number of ketones is 1. The Labute approximate surface area is 198 Å². The Morgan fingerprint density at radius 3 is 2.64 bits per heavy atom. The normalized spacial score (nSPS) is 17.3. The molecule has 1 aliphatic heterocycles. The number of rotatable bonds is 9. The van der Waals surface area contributed by atoms with E-state index in [9.17, 15) is 13.2 Å². The van der Waals surface area contributed by atoms with Crippen molar-refractivity contribution < 1.29 is 13.2 Å². The maximum Gasteiger partial charge on any atom is 0.191 e. The maximum atomic E-state index is 13.1. The van der Waals surface area contributed by atoms with Gasteiger partial charge in [0.1, 0.15) is 5.82 Å². The molecule has 1 atom stereocenters. The summed E-state index contributed by atoms with van der Waals surface area (Å²) in [7, 11) is -3.03. The number of carbonyl (C=O) groups is 1. The molecule has 3 heterocycles. The van der Waals surface area contributed by atoms with Gasteiger partial charge in [0.05, 0.1) is 17.3 Å². The number of thioether (sulfide) groups is 1. The molecule has 174 valence electrons. The summed E-state index contributed by atoms with van der Waals surface area (Å²) in [5.74, 6) is 1.03. The van der Waals surface area contributed by atoms with Crippen LogP contribution in [-0.4, -0.2) is 50.8 Å². The van der Waals surface area contributed by atoms with Gasteiger partial charge < -0.3 is 9.13 Å². The van der Waals surface area contributed by atoms with E-state index in [1.165, 1.54) is 17.3 Å². The van der Waals surface area contributed by atoms with E-state index in [-0.39, 0.29) is 29.0 Å². The molecule has 1 saturated heterocycles. The summed E-state index contributed by atoms with van der Waals surface area (Å²) in [6, 6.07) is 12.1. The predicted octanol–water partition coefficient (Wildman–Crippen LogP) is 3.81. The van der Waals surface area contributed by atoms with Crippen molar-refractivity contribution in [2.24, 2.45) is 0 Å². The lowest BCUT2D eigenvalue weighted by molar-refractivity contribution is 0.102. The molecule has 0 spiro atoms. The summed E-state index contributed by atoms with van der Waals surface area (Å²) in [6.45, 7) is 8.99. The first kappa shape index (κ1) is 23.5. The molecule has 0 N–H and O–H groups in total. The van der Waals surface area contributed by atoms with Crippen molar-refractivity contribution in [2.45, 2.75) is 44.4 Å². The zero-order valence-corrected chi connectivity index (χ0v) is 20.5. The largest absolute Gasteiger partial charge is 0.344 e. The zero-order valence-electron chi connectivity index (χ0n) is 18.9. The van der Waals surface area contributed by atoms with Gasteiger partial charge in [-0.15, -0.1) is 16.8 Å². The van der Waals surface area contributed by atoms with Crippen molar-refractivity contribution in [3.8, 4) is 0 Å². The second kappa shape index (κ2) is 9.69. The second-order valence-corrected chi connectivity index (χ2v) is 11.6. The number of aryl methyl sites for hydroxylation is 1. The minimum absolute atomic E-state index is 0.0329. The van der Waals surface area contributed by atoms with Crippen molar-refractivity contribution in [1.82, 2.24) is 19.3 Å². The quantitative estimate of drug-likeness (QED) is 0.261. The molecule has 9 heteroatoms. The van der Waals surface area contributed by atoms with Crippen LogP contribution in [0.4, 0.5) is 0 Å². The van der Waals surface area contributed by atoms with Gasteiger partial charge in [0.25, 0.3) is 0 Å². The van der Waals surface area contributed by atoms with E-state index >= 15 is 0 Å². The number of hydrogen-bond acceptors (Lipinski definition) is 6. The van der Waals surface area contributed by atoms with Gasteiger partial charge in [-0.05, 0) is 31.9 Å². The van der Waals surface area contributed by atoms with Gasteiger partial charge >= 0.3 is 0 Å². The molecule has 0 radical (unpaired) electrons. The molecule has 7 nitrogen and oxygen atoms in total. The molecule has 1 fully saturated rings. The molecule has 4 rings (SSSR count). The lowest BCUT2D eigenvalue weighted by Crippen LogP contribution is -2.12. The van der Waals surface area contributed by atoms with Crippen LogP contribution in [0.3, 0.4) is 0 Å². The van der Waals surface area contributed by atoms with Gasteiger partial charge in [0.15, 0.2) is 20.8 Å². The van der Waals surface area contributed by atoms with E-state index in [1.54, 1.807) is 6.08 Å². The predicted molar refractivity (Wildman–Crippen MR) is 131 cm³/mol. The Kier molecular flexibility index (Phi) is 6.90. The molecular weight excluding hydrogens is 456 g/mol. The molecule has 0 bridgehead atoms. The number of sulfone groups is 1. The van der Waals surface area contributed by atoms with Gasteiger partial charge in [0.2, 0.25) is 0 Å². The summed E-state index contributed by atoms with van der Waals surface area (Å²) in [4.78, 5) is 13.1. The molecule has 2 aromatic heterocycles. The van der Waals surface area contributed by atoms with Gasteiger partial charge in [-0.25, -0.2) is 8.42 Å². The molecule has 0 unspecified atom stereocenters. The number of allylic oxidation sites excluding steroid dienone is 1. The molecular formula is C24H28N4O3S2. The highest BCUT2D eigenvalue weighted by atomic mass is 32.2. The molecule has 1 aliphatic rings. The lowest BCUT2D eigenvalue weighted by atomic mass is 10.1. The van der Waals surface area contributed by atoms with E-state index in [0.29, 0.717) is 29.5 Å². The van der Waals surface area contributed by atoms with Crippen LogP contribution >= 0.6 is 11.8 Å². The fourth-order valence-electron chi connectivity index (χ4n) is 4.31. The van der Waals surface area contributed by atoms with Gasteiger partial charge in [-0.1, -0.05) is 48.2 Å². The third-order valence-corrected chi connectivity index (χ3v) is 8.78. The first-order valence-corrected chi connectivity index (χ1v) is 13.7. The standard InChI is InChI=1S/C24H28N4O3S2/c1-4-11-27-23(20-10-12-33(30,31)16-20)25-26-24(27)32-15-22(29)21-13-17(2)28(18(21)3)14-19-8-6-5-7-9-19/h4-9,13,20H,1,10-12,14-16H2,2-3H3/t20-/m1/s1. The third-order valence-electron chi connectivity index (χ3n) is 6.04. The van der Waals surface area contributed by atoms with Gasteiger partial charge in [0, 0.05) is 36.0 Å². The molecule has 0 saturated carbocycles. The summed E-state index contributed by atoms with van der Waals surface area (Å²) in [5, 5.41) is 9.16. The summed E-state index contributed by atoms with van der Waals surface area (Å²) >= 11 is 1.33. The first-order chi connectivity index (χ1) is 15.8. The zero-order chi connectivity index (χ0) is 23.6. The van der Waals surface area contributed by atoms with Crippen LogP contribution in [0.1, 0.15) is 45.5 Å². The number of carbonyl (C=O) groups excluding carboxylic acids is 1. The van der Waals surface area contributed by atoms with Crippen LogP contribution < -0.4 is 0 Å². The van der Waals surface area contributed by atoms with Crippen molar-refractivity contribution in [3.63, 3.8) is 0 Å². The fraction of sp³-hybridized carbons (Fsp3) is 0.375. The minimum Gasteiger partial charge on any atom is -0.344 e. The monoisotopic (exact) mass is 484 g/mol. The van der Waals surface area contributed by atoms with E-state index in [2.05, 4.69) is 33.5 Å². The Morgan fingerprint density at radius 1 is 1.21 bits per heavy atom. The van der Waals surface area contributed by atoms with Crippen molar-refractivity contribution in [1.29, 1.82) is 0 Å². The summed E-state index contributed by atoms with van der Waals surface area (Å²) in [6.07, 6.45) is 2.29. The van der Waals surface area contributed by atoms with E-state index in [0.717, 1.165) is 17.9 Å². The number of nitrogens with zero attached hydrogens (tertiary/aromatic N) is 4. The topological polar surface area (TPSA) is 86.8 Å². The molecule has 0 aliphatic carbocycles. The highest BCUT2D eigenvalue weighted by molar-refractivity contribution is 7.99. The third kappa shape index (κ3) is 5.14. The Morgan fingerprint density at radius 2 is 1.97 bits per heavy atom. The Hall–Kier alpha value is -2.65. The highest BCUT2D eigenvalue weighted by Crippen LogP contribution is 2.30. The van der Waals surface area contributed by atoms with Crippen LogP contribution in [0.5, 0.6) is 0 Å². The van der Waals surface area contributed by atoms with E-state index < -0.39 is 9.84 Å². The smallest absolute Gasteiger partial charge is 0.191 e. The lowest BCUT2D eigenvalue weighted by Gasteiger charge is -2.11. The second-order valence-electron chi connectivity index (χ2n) is 8.41. The molecule has 0 amide bonds. The summed E-state index contributed by atoms with van der Waals surface area (Å²) < 4.78 is 27.9. The van der Waals surface area contributed by atoms with Crippen LogP contribution in [-0.2, 0) is 22.9 Å². The Bertz CT molecular complexity index is 1280. The number of Topliss-reactive ketones (excluding diaryl/α,β-unsaturated/α-hetero) is 1. The number of benzene rings is 1. The van der Waals surface area contributed by atoms with Gasteiger partial charge in [-0.3, -0.25) is 4.79 Å². The van der Waals surface area contributed by atoms with E-state index in [4.69, 9.17) is 0 Å². The van der Waals surface area contributed by atoms with Crippen LogP contribution in [0.25, 0.3) is 0 Å². The molecule has 33 heavy (non-hydrogen) atoms. The number of hydrogen-bond donors (Lipinski definition) is 0. The summed E-state index contributed by atoms with van der Waals surface area (Å²) in [5.41, 5.74) is 3.90. The highest BCUT2D eigenvalue weighted by Gasteiger charge is 2.33. The molecule has 1 aromatic carbocycles. The Balaban J connectivity index is 1.49. The first-order valence-electron chi connectivity index (χ1n) is 10.9. The van der Waals surface area contributed by atoms with Crippen LogP contribution in [0.15, 0.2) is 54.2 Å². The average Bonchev–Trinajstić information content (AvgIpc) is 3.44. The van der Waals surface area contributed by atoms with Crippen molar-refractivity contribution in [2.75, 3.05) is 17.3 Å². The van der Waals surface area contributed by atoms with Gasteiger partial charge in [-0.2, -0.15) is 0 Å². The molecule has 3 aromatic rings. The number of aromatic nitrogens is 4. The van der Waals surface area contributed by atoms with Crippen LogP contribution in [0.2, 0.25) is 0 Å². The minimum atomic E-state index is -3.03. The van der Waals surface area contributed by atoms with Crippen molar-refractivity contribution >= 4 is 27.4 Å². The average molecular weight is 485 g/mol. The van der Waals surface area contributed by atoms with Crippen molar-refractivity contribution in [3.05, 3.63) is 77.4 Å². The maximum absolute atomic E-state index is 13.1. The van der Waals surface area contributed by atoms with Crippen LogP contribution in [0, 0.1) is 13.8 Å². The fourth-order valence-corrected chi connectivity index (χ4v) is 6.89.